The van der Waals surface area contributed by atoms with E-state index in [4.69, 9.17) is 4.74 Å². The molecule has 108 valence electrons. The Balaban J connectivity index is 1.57. The Kier molecular flexibility index (Phi) is 5.37. The largest absolute Gasteiger partial charge is 0.494 e. The lowest BCUT2D eigenvalue weighted by molar-refractivity contribution is -0.126. The highest BCUT2D eigenvalue weighted by atomic mass is 16.5. The van der Waals surface area contributed by atoms with Gasteiger partial charge in [0.2, 0.25) is 11.8 Å². The summed E-state index contributed by atoms with van der Waals surface area (Å²) >= 11 is 0. The van der Waals surface area contributed by atoms with Gasteiger partial charge in [0.25, 0.3) is 0 Å². The second-order valence-corrected chi connectivity index (χ2v) is 4.54. The summed E-state index contributed by atoms with van der Waals surface area (Å²) in [6, 6.07) is 9.21. The van der Waals surface area contributed by atoms with Crippen LogP contribution in [-0.4, -0.2) is 44.1 Å². The monoisotopic (exact) mass is 277 g/mol. The summed E-state index contributed by atoms with van der Waals surface area (Å²) in [4.78, 5) is 22.7. The van der Waals surface area contributed by atoms with Crippen LogP contribution in [0.5, 0.6) is 5.75 Å². The predicted octanol–water partition coefficient (Wildman–Crippen LogP) is -0.340. The van der Waals surface area contributed by atoms with Crippen LogP contribution in [0.25, 0.3) is 0 Å². The van der Waals surface area contributed by atoms with Crippen molar-refractivity contribution in [1.29, 1.82) is 0 Å². The fourth-order valence-corrected chi connectivity index (χ4v) is 1.87. The molecule has 1 unspecified atom stereocenters. The summed E-state index contributed by atoms with van der Waals surface area (Å²) in [5.74, 6) is 0.658. The quantitative estimate of drug-likeness (QED) is 0.622. The van der Waals surface area contributed by atoms with Crippen LogP contribution in [0, 0.1) is 0 Å². The van der Waals surface area contributed by atoms with E-state index in [0.29, 0.717) is 19.7 Å². The molecule has 1 aliphatic rings. The minimum Gasteiger partial charge on any atom is -0.494 e. The highest BCUT2D eigenvalue weighted by Crippen LogP contribution is 2.07. The van der Waals surface area contributed by atoms with Crippen molar-refractivity contribution in [2.75, 3.05) is 26.2 Å². The van der Waals surface area contributed by atoms with Gasteiger partial charge in [0.05, 0.1) is 13.2 Å². The highest BCUT2D eigenvalue weighted by Gasteiger charge is 2.22. The Hall–Kier alpha value is -2.08. The molecule has 2 rings (SSSR count). The Bertz CT molecular complexity index is 440. The number of para-hydroxylation sites is 1. The lowest BCUT2D eigenvalue weighted by atomic mass is 10.2. The van der Waals surface area contributed by atoms with Crippen LogP contribution in [0.15, 0.2) is 30.3 Å². The number of piperazine rings is 1. The lowest BCUT2D eigenvalue weighted by Crippen LogP contribution is -2.58. The number of rotatable bonds is 6. The van der Waals surface area contributed by atoms with Crippen molar-refractivity contribution < 1.29 is 14.3 Å². The maximum atomic E-state index is 11.8. The van der Waals surface area contributed by atoms with Crippen LogP contribution in [-0.2, 0) is 9.59 Å². The fourth-order valence-electron chi connectivity index (χ4n) is 1.87. The first-order chi connectivity index (χ1) is 9.75. The Morgan fingerprint density at radius 2 is 2.15 bits per heavy atom. The number of carbonyl (C=O) groups excluding carboxylic acids is 2. The number of amides is 2. The van der Waals surface area contributed by atoms with Crippen molar-refractivity contribution in [3.63, 3.8) is 0 Å². The lowest BCUT2D eigenvalue weighted by Gasteiger charge is -2.23. The van der Waals surface area contributed by atoms with E-state index < -0.39 is 0 Å². The molecule has 3 N–H and O–H groups in total. The van der Waals surface area contributed by atoms with Gasteiger partial charge in [-0.15, -0.1) is 0 Å². The molecule has 0 saturated carbocycles. The molecule has 0 radical (unpaired) electrons. The van der Waals surface area contributed by atoms with Crippen molar-refractivity contribution in [3.8, 4) is 5.75 Å². The molecule has 6 heteroatoms. The molecule has 0 aliphatic carbocycles. The van der Waals surface area contributed by atoms with E-state index >= 15 is 0 Å². The van der Waals surface area contributed by atoms with Gasteiger partial charge in [-0.3, -0.25) is 14.9 Å². The average Bonchev–Trinajstić information content (AvgIpc) is 2.48. The number of carbonyl (C=O) groups is 2. The summed E-state index contributed by atoms with van der Waals surface area (Å²) in [5.41, 5.74) is 0. The first-order valence-corrected chi connectivity index (χ1v) is 6.71. The van der Waals surface area contributed by atoms with E-state index in [9.17, 15) is 9.59 Å². The van der Waals surface area contributed by atoms with Gasteiger partial charge < -0.3 is 15.4 Å². The molecule has 20 heavy (non-hydrogen) atoms. The molecule has 1 heterocycles. The maximum Gasteiger partial charge on any atom is 0.238 e. The maximum absolute atomic E-state index is 11.8. The van der Waals surface area contributed by atoms with Crippen molar-refractivity contribution in [1.82, 2.24) is 16.0 Å². The zero-order valence-corrected chi connectivity index (χ0v) is 11.2. The third-order valence-electron chi connectivity index (χ3n) is 2.96. The van der Waals surface area contributed by atoms with E-state index in [-0.39, 0.29) is 24.4 Å². The topological polar surface area (TPSA) is 79.5 Å². The minimum atomic E-state index is -0.345. The zero-order valence-electron chi connectivity index (χ0n) is 11.2. The number of benzene rings is 1. The highest BCUT2D eigenvalue weighted by molar-refractivity contribution is 5.86. The first kappa shape index (κ1) is 14.3. The van der Waals surface area contributed by atoms with E-state index in [1.807, 2.05) is 30.3 Å². The van der Waals surface area contributed by atoms with Crippen LogP contribution in [0.3, 0.4) is 0 Å². The van der Waals surface area contributed by atoms with Crippen LogP contribution >= 0.6 is 0 Å². The molecule has 1 aromatic rings. The molecule has 1 aliphatic heterocycles. The number of ether oxygens (including phenoxy) is 1. The van der Waals surface area contributed by atoms with Gasteiger partial charge in [0.1, 0.15) is 11.8 Å². The van der Waals surface area contributed by atoms with E-state index in [1.165, 1.54) is 0 Å². The number of hydrogen-bond acceptors (Lipinski definition) is 4. The van der Waals surface area contributed by atoms with Gasteiger partial charge in [-0.25, -0.2) is 0 Å². The molecular weight excluding hydrogens is 258 g/mol. The molecule has 0 bridgehead atoms. The van der Waals surface area contributed by atoms with Crippen molar-refractivity contribution in [2.45, 2.75) is 12.5 Å². The second-order valence-electron chi connectivity index (χ2n) is 4.54. The Morgan fingerprint density at radius 1 is 1.35 bits per heavy atom. The SMILES string of the molecule is O=C1CNC(C(=O)NCCCOc2ccccc2)CN1. The van der Waals surface area contributed by atoms with Gasteiger partial charge >= 0.3 is 0 Å². The number of nitrogens with one attached hydrogen (secondary N) is 3. The molecule has 1 atom stereocenters. The van der Waals surface area contributed by atoms with Crippen LogP contribution in [0.2, 0.25) is 0 Å². The van der Waals surface area contributed by atoms with E-state index in [0.717, 1.165) is 12.2 Å². The van der Waals surface area contributed by atoms with Gasteiger partial charge in [-0.1, -0.05) is 18.2 Å². The van der Waals surface area contributed by atoms with Crippen molar-refractivity contribution in [3.05, 3.63) is 30.3 Å². The molecule has 1 fully saturated rings. The predicted molar refractivity (Wildman–Crippen MR) is 74.4 cm³/mol. The summed E-state index contributed by atoms with van der Waals surface area (Å²) in [6.45, 7) is 1.64. The minimum absolute atomic E-state index is 0.0784. The van der Waals surface area contributed by atoms with E-state index in [1.54, 1.807) is 0 Å². The Labute approximate surface area is 117 Å². The standard InChI is InChI=1S/C14H19N3O3/c18-13-10-16-12(9-17-13)14(19)15-7-4-8-20-11-5-2-1-3-6-11/h1-3,5-6,12,16H,4,7-10H2,(H,15,19)(H,17,18). The molecule has 2 amide bonds. The smallest absolute Gasteiger partial charge is 0.238 e. The normalized spacial score (nSPS) is 18.2. The summed E-state index contributed by atoms with van der Waals surface area (Å²) < 4.78 is 5.52. The average molecular weight is 277 g/mol. The van der Waals surface area contributed by atoms with Crippen LogP contribution in [0.4, 0.5) is 0 Å². The van der Waals surface area contributed by atoms with Gasteiger partial charge in [0, 0.05) is 13.1 Å². The third kappa shape index (κ3) is 4.55. The molecule has 1 saturated heterocycles. The molecular formula is C14H19N3O3. The van der Waals surface area contributed by atoms with Gasteiger partial charge in [-0.05, 0) is 18.6 Å². The number of hydrogen-bond donors (Lipinski definition) is 3. The fraction of sp³-hybridized carbons (Fsp3) is 0.429. The summed E-state index contributed by atoms with van der Waals surface area (Å²) in [5, 5.41) is 8.35. The third-order valence-corrected chi connectivity index (χ3v) is 2.96. The van der Waals surface area contributed by atoms with Crippen LogP contribution < -0.4 is 20.7 Å². The molecule has 1 aromatic carbocycles. The Morgan fingerprint density at radius 3 is 2.85 bits per heavy atom. The molecule has 6 nitrogen and oxygen atoms in total. The molecule has 0 aromatic heterocycles. The second kappa shape index (κ2) is 7.49. The summed E-state index contributed by atoms with van der Waals surface area (Å²) in [6.07, 6.45) is 0.736. The van der Waals surface area contributed by atoms with Gasteiger partial charge in [-0.2, -0.15) is 0 Å². The van der Waals surface area contributed by atoms with E-state index in [2.05, 4.69) is 16.0 Å². The molecule has 0 spiro atoms. The van der Waals surface area contributed by atoms with Gasteiger partial charge in [0.15, 0.2) is 0 Å². The van der Waals surface area contributed by atoms with Crippen LogP contribution in [0.1, 0.15) is 6.42 Å². The van der Waals surface area contributed by atoms with Crippen molar-refractivity contribution in [2.24, 2.45) is 0 Å². The first-order valence-electron chi connectivity index (χ1n) is 6.71. The van der Waals surface area contributed by atoms with Crippen molar-refractivity contribution >= 4 is 11.8 Å². The summed E-state index contributed by atoms with van der Waals surface area (Å²) in [7, 11) is 0. The zero-order chi connectivity index (χ0) is 14.2.